The second-order valence-corrected chi connectivity index (χ2v) is 6.70. The maximum absolute atomic E-state index is 11.8. The number of amides is 1. The van der Waals surface area contributed by atoms with Crippen molar-refractivity contribution in [3.63, 3.8) is 0 Å². The number of anilines is 1. The van der Waals surface area contributed by atoms with E-state index in [9.17, 15) is 20.0 Å². The van der Waals surface area contributed by atoms with E-state index in [0.29, 0.717) is 10.9 Å². The molecule has 0 aliphatic carbocycles. The van der Waals surface area contributed by atoms with Crippen molar-refractivity contribution in [3.8, 4) is 0 Å². The first-order valence-electron chi connectivity index (χ1n) is 9.07. The quantitative estimate of drug-likeness (QED) is 0.507. The minimum Gasteiger partial charge on any atom is -0.444 e. The van der Waals surface area contributed by atoms with Gasteiger partial charge in [0.2, 0.25) is 0 Å². The number of nitro groups is 1. The van der Waals surface area contributed by atoms with E-state index in [4.69, 9.17) is 4.74 Å². The number of hydrogen-bond acceptors (Lipinski definition) is 7. The van der Waals surface area contributed by atoms with Crippen molar-refractivity contribution in [3.05, 3.63) is 40.6 Å². The molecule has 0 spiro atoms. The number of hydrogen-bond donors (Lipinski definition) is 3. The Kier molecular flexibility index (Phi) is 8.59. The molecule has 0 saturated heterocycles. The molecule has 1 aromatic carbocycles. The molecule has 0 bridgehead atoms. The molecule has 0 aliphatic heterocycles. The molecule has 2 rings (SSSR count). The molecule has 1 amide bonds. The molecular weight excluding hydrogens is 364 g/mol. The monoisotopic (exact) mass is 392 g/mol. The van der Waals surface area contributed by atoms with Gasteiger partial charge in [-0.15, -0.1) is 0 Å². The maximum atomic E-state index is 11.8. The SMILES string of the molecule is CC.CC(C)(C)OC(=O)NC[C@@H](CO)Nc1c([N+](=O)[O-])cnc2ccccc12. The first kappa shape index (κ1) is 23.1. The lowest BCUT2D eigenvalue weighted by Crippen LogP contribution is -2.41. The van der Waals surface area contributed by atoms with Crippen LogP contribution in [0.15, 0.2) is 30.5 Å². The van der Waals surface area contributed by atoms with Crippen molar-refractivity contribution in [1.29, 1.82) is 0 Å². The molecule has 0 saturated carbocycles. The number of alkyl carbamates (subject to hydrolysis) is 1. The maximum Gasteiger partial charge on any atom is 0.407 e. The van der Waals surface area contributed by atoms with Crippen LogP contribution < -0.4 is 10.6 Å². The highest BCUT2D eigenvalue weighted by Gasteiger charge is 2.22. The number of benzene rings is 1. The summed E-state index contributed by atoms with van der Waals surface area (Å²) in [6.45, 7) is 8.89. The van der Waals surface area contributed by atoms with E-state index in [-0.39, 0.29) is 24.5 Å². The summed E-state index contributed by atoms with van der Waals surface area (Å²) in [5.74, 6) is 0. The number of aliphatic hydroxyl groups excluding tert-OH is 1. The summed E-state index contributed by atoms with van der Waals surface area (Å²) in [5.41, 5.74) is -0.0331. The molecule has 0 radical (unpaired) electrons. The van der Waals surface area contributed by atoms with Gasteiger partial charge in [-0.05, 0) is 26.8 Å². The molecular formula is C19H28N4O5. The number of nitrogens with zero attached hydrogens (tertiary/aromatic N) is 2. The number of para-hydroxylation sites is 1. The second kappa shape index (κ2) is 10.4. The minimum absolute atomic E-state index is 0.0270. The van der Waals surface area contributed by atoms with Gasteiger partial charge in [0.1, 0.15) is 17.5 Å². The van der Waals surface area contributed by atoms with Crippen LogP contribution >= 0.6 is 0 Å². The van der Waals surface area contributed by atoms with E-state index in [0.717, 1.165) is 0 Å². The summed E-state index contributed by atoms with van der Waals surface area (Å²) >= 11 is 0. The third-order valence-electron chi connectivity index (χ3n) is 3.41. The van der Waals surface area contributed by atoms with Gasteiger partial charge in [-0.3, -0.25) is 10.1 Å². The van der Waals surface area contributed by atoms with Crippen LogP contribution in [0.4, 0.5) is 16.2 Å². The summed E-state index contributed by atoms with van der Waals surface area (Å²) in [6.07, 6.45) is 0.535. The predicted octanol–water partition coefficient (Wildman–Crippen LogP) is 3.47. The third-order valence-corrected chi connectivity index (χ3v) is 3.41. The molecule has 1 heterocycles. The Bertz CT molecular complexity index is 805. The van der Waals surface area contributed by atoms with Gasteiger partial charge in [-0.2, -0.15) is 0 Å². The Morgan fingerprint density at radius 2 is 1.96 bits per heavy atom. The van der Waals surface area contributed by atoms with Crippen LogP contribution in [0.1, 0.15) is 34.6 Å². The Hall–Kier alpha value is -2.94. The molecule has 0 aliphatic rings. The van der Waals surface area contributed by atoms with E-state index < -0.39 is 22.7 Å². The van der Waals surface area contributed by atoms with Gasteiger partial charge >= 0.3 is 11.8 Å². The van der Waals surface area contributed by atoms with Gasteiger partial charge in [0.25, 0.3) is 0 Å². The van der Waals surface area contributed by atoms with Gasteiger partial charge in [0.15, 0.2) is 0 Å². The number of nitrogens with one attached hydrogen (secondary N) is 2. The molecule has 0 fully saturated rings. The fourth-order valence-electron chi connectivity index (χ4n) is 2.31. The fourth-order valence-corrected chi connectivity index (χ4v) is 2.31. The van der Waals surface area contributed by atoms with E-state index in [2.05, 4.69) is 15.6 Å². The summed E-state index contributed by atoms with van der Waals surface area (Å²) in [4.78, 5) is 26.6. The first-order chi connectivity index (χ1) is 13.2. The topological polar surface area (TPSA) is 127 Å². The van der Waals surface area contributed by atoms with Gasteiger partial charge in [0, 0.05) is 11.9 Å². The zero-order valence-electron chi connectivity index (χ0n) is 16.9. The van der Waals surface area contributed by atoms with Crippen molar-refractivity contribution in [2.45, 2.75) is 46.3 Å². The van der Waals surface area contributed by atoms with Crippen LogP contribution in [0.5, 0.6) is 0 Å². The van der Waals surface area contributed by atoms with Gasteiger partial charge < -0.3 is 20.5 Å². The second-order valence-electron chi connectivity index (χ2n) is 6.70. The van der Waals surface area contributed by atoms with Gasteiger partial charge in [-0.1, -0.05) is 32.0 Å². The van der Waals surface area contributed by atoms with Crippen LogP contribution in [0, 0.1) is 10.1 Å². The average Bonchev–Trinajstić information content (AvgIpc) is 2.65. The Morgan fingerprint density at radius 3 is 2.54 bits per heavy atom. The molecule has 2 aromatic rings. The summed E-state index contributed by atoms with van der Waals surface area (Å²) in [6, 6.07) is 6.31. The van der Waals surface area contributed by atoms with Crippen molar-refractivity contribution in [1.82, 2.24) is 10.3 Å². The lowest BCUT2D eigenvalue weighted by molar-refractivity contribution is -0.384. The number of rotatable bonds is 6. The van der Waals surface area contributed by atoms with Crippen LogP contribution in [-0.4, -0.2) is 45.9 Å². The van der Waals surface area contributed by atoms with Crippen molar-refractivity contribution >= 4 is 28.4 Å². The normalized spacial score (nSPS) is 11.8. The molecule has 9 nitrogen and oxygen atoms in total. The zero-order valence-corrected chi connectivity index (χ0v) is 16.9. The Labute approximate surface area is 164 Å². The fraction of sp³-hybridized carbons (Fsp3) is 0.474. The number of aromatic nitrogens is 1. The zero-order chi connectivity index (χ0) is 21.3. The highest BCUT2D eigenvalue weighted by Crippen LogP contribution is 2.31. The number of aliphatic hydroxyl groups is 1. The first-order valence-corrected chi connectivity index (χ1v) is 9.07. The van der Waals surface area contributed by atoms with Crippen molar-refractivity contribution < 1.29 is 19.6 Å². The van der Waals surface area contributed by atoms with E-state index in [1.807, 2.05) is 13.8 Å². The standard InChI is InChI=1S/C17H22N4O5.C2H6/c1-17(2,3)26-16(23)19-8-11(10-22)20-15-12-6-4-5-7-13(12)18-9-14(15)21(24)25;1-2/h4-7,9,11,22H,8,10H2,1-3H3,(H,18,20)(H,19,23);1-2H3/t11-;/m0./s1. The van der Waals surface area contributed by atoms with Crippen LogP contribution in [0.3, 0.4) is 0 Å². The average molecular weight is 392 g/mol. The number of carbonyl (C=O) groups excluding carboxylic acids is 1. The largest absolute Gasteiger partial charge is 0.444 e. The number of fused-ring (bicyclic) bond motifs is 1. The van der Waals surface area contributed by atoms with E-state index >= 15 is 0 Å². The third kappa shape index (κ3) is 6.66. The number of carbonyl (C=O) groups is 1. The Balaban J connectivity index is 0.00000190. The highest BCUT2D eigenvalue weighted by atomic mass is 16.6. The Morgan fingerprint density at radius 1 is 1.32 bits per heavy atom. The number of ether oxygens (including phenoxy) is 1. The summed E-state index contributed by atoms with van der Waals surface area (Å²) in [7, 11) is 0. The smallest absolute Gasteiger partial charge is 0.407 e. The molecule has 1 atom stereocenters. The molecule has 154 valence electrons. The summed E-state index contributed by atoms with van der Waals surface area (Å²) < 4.78 is 5.14. The van der Waals surface area contributed by atoms with Crippen LogP contribution in [0.2, 0.25) is 0 Å². The van der Waals surface area contributed by atoms with Gasteiger partial charge in [-0.25, -0.2) is 9.78 Å². The van der Waals surface area contributed by atoms with Gasteiger partial charge in [0.05, 0.1) is 23.1 Å². The lowest BCUT2D eigenvalue weighted by atomic mass is 10.1. The molecule has 1 aromatic heterocycles. The predicted molar refractivity (Wildman–Crippen MR) is 108 cm³/mol. The molecule has 28 heavy (non-hydrogen) atoms. The lowest BCUT2D eigenvalue weighted by Gasteiger charge is -2.22. The van der Waals surface area contributed by atoms with Crippen molar-refractivity contribution in [2.75, 3.05) is 18.5 Å². The molecule has 3 N–H and O–H groups in total. The molecule has 9 heteroatoms. The molecule has 0 unspecified atom stereocenters. The van der Waals surface area contributed by atoms with Crippen LogP contribution in [0.25, 0.3) is 10.9 Å². The number of pyridine rings is 1. The van der Waals surface area contributed by atoms with Crippen LogP contribution in [-0.2, 0) is 4.74 Å². The minimum atomic E-state index is -0.647. The summed E-state index contributed by atoms with van der Waals surface area (Å²) in [5, 5.41) is 27.0. The van der Waals surface area contributed by atoms with Crippen molar-refractivity contribution in [2.24, 2.45) is 0 Å². The highest BCUT2D eigenvalue weighted by molar-refractivity contribution is 5.95. The van der Waals surface area contributed by atoms with E-state index in [1.165, 1.54) is 6.20 Å². The van der Waals surface area contributed by atoms with E-state index in [1.54, 1.807) is 45.0 Å².